The van der Waals surface area contributed by atoms with Crippen LogP contribution in [0.15, 0.2) is 18.2 Å². The second-order valence-corrected chi connectivity index (χ2v) is 5.55. The summed E-state index contributed by atoms with van der Waals surface area (Å²) in [5.74, 6) is -0.0460. The van der Waals surface area contributed by atoms with Crippen molar-refractivity contribution in [2.75, 3.05) is 12.4 Å². The summed E-state index contributed by atoms with van der Waals surface area (Å²) in [4.78, 5) is 21.4. The number of carbonyl (C=O) groups is 1. The fourth-order valence-corrected chi connectivity index (χ4v) is 3.29. The van der Waals surface area contributed by atoms with E-state index >= 15 is 0 Å². The summed E-state index contributed by atoms with van der Waals surface area (Å²) in [6.45, 7) is 0.780. The molecule has 20 heavy (non-hydrogen) atoms. The summed E-state index contributed by atoms with van der Waals surface area (Å²) in [7, 11) is 0. The maximum absolute atomic E-state index is 11.2. The first-order valence-electron chi connectivity index (χ1n) is 6.28. The normalized spacial score (nSPS) is 18.1. The number of aromatic carboxylic acids is 1. The lowest BCUT2D eigenvalue weighted by Crippen LogP contribution is -2.10. The largest absolute Gasteiger partial charge is 0.477 e. The van der Waals surface area contributed by atoms with Crippen LogP contribution in [0.3, 0.4) is 0 Å². The van der Waals surface area contributed by atoms with Crippen LogP contribution in [0.1, 0.15) is 28.8 Å². The number of ether oxygens (including phenoxy) is 1. The highest BCUT2D eigenvalue weighted by atomic mass is 32.2. The smallest absolute Gasteiger partial charge is 0.343 e. The van der Waals surface area contributed by atoms with Gasteiger partial charge in [-0.15, -0.1) is 0 Å². The van der Waals surface area contributed by atoms with Gasteiger partial charge in [0.25, 0.3) is 5.69 Å². The molecule has 0 spiro atoms. The number of hydrogen-bond donors (Lipinski definition) is 1. The highest BCUT2D eigenvalue weighted by Crippen LogP contribution is 2.27. The molecule has 1 saturated heterocycles. The molecule has 1 atom stereocenters. The highest BCUT2D eigenvalue weighted by molar-refractivity contribution is 7.98. The minimum atomic E-state index is -1.26. The van der Waals surface area contributed by atoms with Gasteiger partial charge in [-0.05, 0) is 18.4 Å². The van der Waals surface area contributed by atoms with Crippen LogP contribution in [0, 0.1) is 10.1 Å². The number of carboxylic acids is 1. The first-order valence-corrected chi connectivity index (χ1v) is 7.44. The lowest BCUT2D eigenvalue weighted by atomic mass is 10.1. The Labute approximate surface area is 120 Å². The predicted molar refractivity (Wildman–Crippen MR) is 75.2 cm³/mol. The Kier molecular flexibility index (Phi) is 4.97. The van der Waals surface area contributed by atoms with Gasteiger partial charge in [-0.25, -0.2) is 4.79 Å². The molecule has 0 aliphatic carbocycles. The molecule has 2 rings (SSSR count). The van der Waals surface area contributed by atoms with E-state index in [1.54, 1.807) is 17.8 Å². The molecule has 7 heteroatoms. The fourth-order valence-electron chi connectivity index (χ4n) is 2.18. The van der Waals surface area contributed by atoms with Gasteiger partial charge in [-0.1, -0.05) is 12.1 Å². The third kappa shape index (κ3) is 3.49. The van der Waals surface area contributed by atoms with E-state index in [0.29, 0.717) is 11.3 Å². The van der Waals surface area contributed by atoms with E-state index in [4.69, 9.17) is 9.84 Å². The number of carboxylic acid groups (broad SMARTS) is 1. The monoisotopic (exact) mass is 297 g/mol. The van der Waals surface area contributed by atoms with E-state index in [9.17, 15) is 14.9 Å². The molecule has 108 valence electrons. The van der Waals surface area contributed by atoms with Crippen molar-refractivity contribution in [2.24, 2.45) is 0 Å². The molecule has 1 aromatic rings. The van der Waals surface area contributed by atoms with Crippen molar-refractivity contribution in [1.82, 2.24) is 0 Å². The van der Waals surface area contributed by atoms with Crippen molar-refractivity contribution in [3.8, 4) is 0 Å². The van der Waals surface area contributed by atoms with E-state index in [2.05, 4.69) is 0 Å². The summed E-state index contributed by atoms with van der Waals surface area (Å²) >= 11 is 1.54. The quantitative estimate of drug-likeness (QED) is 0.641. The van der Waals surface area contributed by atoms with Crippen LogP contribution in [0.25, 0.3) is 0 Å². The van der Waals surface area contributed by atoms with Gasteiger partial charge in [0.1, 0.15) is 5.56 Å². The molecule has 1 unspecified atom stereocenters. The molecule has 1 aliphatic rings. The van der Waals surface area contributed by atoms with Gasteiger partial charge in [0.05, 0.1) is 11.0 Å². The van der Waals surface area contributed by atoms with Crippen LogP contribution in [0.4, 0.5) is 5.69 Å². The molecule has 0 bridgehead atoms. The van der Waals surface area contributed by atoms with Crippen LogP contribution in [-0.2, 0) is 10.5 Å². The van der Waals surface area contributed by atoms with E-state index < -0.39 is 10.9 Å². The topological polar surface area (TPSA) is 89.7 Å². The maximum Gasteiger partial charge on any atom is 0.343 e. The summed E-state index contributed by atoms with van der Waals surface area (Å²) in [5, 5.41) is 20.0. The number of nitro benzene ring substituents is 1. The van der Waals surface area contributed by atoms with Crippen molar-refractivity contribution in [3.05, 3.63) is 39.4 Å². The van der Waals surface area contributed by atoms with Crippen LogP contribution in [0.2, 0.25) is 0 Å². The fraction of sp³-hybridized carbons (Fsp3) is 0.462. The van der Waals surface area contributed by atoms with E-state index in [0.717, 1.165) is 25.2 Å². The Morgan fingerprint density at radius 1 is 1.55 bits per heavy atom. The molecule has 0 radical (unpaired) electrons. The summed E-state index contributed by atoms with van der Waals surface area (Å²) in [6.07, 6.45) is 2.29. The lowest BCUT2D eigenvalue weighted by molar-refractivity contribution is -0.385. The third-order valence-corrected chi connectivity index (χ3v) is 4.25. The van der Waals surface area contributed by atoms with Gasteiger partial charge in [0.15, 0.2) is 0 Å². The molecular formula is C13H15NO5S. The van der Waals surface area contributed by atoms with Crippen molar-refractivity contribution in [2.45, 2.75) is 24.7 Å². The molecule has 1 aromatic carbocycles. The molecule has 0 aromatic heterocycles. The van der Waals surface area contributed by atoms with Gasteiger partial charge < -0.3 is 9.84 Å². The lowest BCUT2D eigenvalue weighted by Gasteiger charge is -2.10. The number of thioether (sulfide) groups is 1. The Morgan fingerprint density at radius 2 is 2.35 bits per heavy atom. The zero-order valence-corrected chi connectivity index (χ0v) is 11.6. The number of benzene rings is 1. The minimum absolute atomic E-state index is 0.211. The van der Waals surface area contributed by atoms with Crippen LogP contribution < -0.4 is 0 Å². The van der Waals surface area contributed by atoms with Gasteiger partial charge in [-0.2, -0.15) is 11.8 Å². The van der Waals surface area contributed by atoms with E-state index in [1.165, 1.54) is 12.1 Å². The second kappa shape index (κ2) is 6.71. The zero-order valence-electron chi connectivity index (χ0n) is 10.8. The standard InChI is InChI=1S/C13H15NO5S/c15-13(16)12-9(3-1-5-11(12)14(17)18)7-20-8-10-4-2-6-19-10/h1,3,5,10H,2,4,6-8H2,(H,15,16). The molecule has 0 saturated carbocycles. The molecule has 1 fully saturated rings. The highest BCUT2D eigenvalue weighted by Gasteiger charge is 2.23. The number of nitro groups is 1. The number of rotatable bonds is 6. The van der Waals surface area contributed by atoms with Gasteiger partial charge >= 0.3 is 5.97 Å². The van der Waals surface area contributed by atoms with E-state index in [-0.39, 0.29) is 17.4 Å². The van der Waals surface area contributed by atoms with Gasteiger partial charge in [0.2, 0.25) is 0 Å². The summed E-state index contributed by atoms with van der Waals surface area (Å²) < 4.78 is 5.49. The first kappa shape index (κ1) is 14.8. The van der Waals surface area contributed by atoms with Crippen LogP contribution in [-0.4, -0.2) is 34.5 Å². The van der Waals surface area contributed by atoms with E-state index in [1.807, 2.05) is 0 Å². The van der Waals surface area contributed by atoms with Crippen LogP contribution >= 0.6 is 11.8 Å². The van der Waals surface area contributed by atoms with Crippen molar-refractivity contribution >= 4 is 23.4 Å². The number of nitrogens with zero attached hydrogens (tertiary/aromatic N) is 1. The minimum Gasteiger partial charge on any atom is -0.477 e. The molecule has 1 aliphatic heterocycles. The molecule has 1 N–H and O–H groups in total. The second-order valence-electron chi connectivity index (χ2n) is 4.52. The Hall–Kier alpha value is -1.60. The zero-order chi connectivity index (χ0) is 14.5. The Balaban J connectivity index is 2.08. The summed E-state index contributed by atoms with van der Waals surface area (Å²) in [5.41, 5.74) is -0.0836. The first-order chi connectivity index (χ1) is 9.59. The molecular weight excluding hydrogens is 282 g/mol. The third-order valence-electron chi connectivity index (χ3n) is 3.12. The SMILES string of the molecule is O=C(O)c1c(CSCC2CCCO2)cccc1[N+](=O)[O-]. The summed E-state index contributed by atoms with van der Waals surface area (Å²) in [6, 6.07) is 4.36. The number of hydrogen-bond acceptors (Lipinski definition) is 5. The average Bonchev–Trinajstić information content (AvgIpc) is 2.91. The molecule has 6 nitrogen and oxygen atoms in total. The maximum atomic E-state index is 11.2. The van der Waals surface area contributed by atoms with Crippen molar-refractivity contribution in [1.29, 1.82) is 0 Å². The van der Waals surface area contributed by atoms with Crippen LogP contribution in [0.5, 0.6) is 0 Å². The van der Waals surface area contributed by atoms with Gasteiger partial charge in [0, 0.05) is 24.2 Å². The molecule has 0 amide bonds. The predicted octanol–water partition coefficient (Wildman–Crippen LogP) is 2.71. The Bertz CT molecular complexity index is 513. The van der Waals surface area contributed by atoms with Crippen molar-refractivity contribution < 1.29 is 19.6 Å². The molecule has 1 heterocycles. The Morgan fingerprint density at radius 3 is 2.95 bits per heavy atom. The van der Waals surface area contributed by atoms with Gasteiger partial charge in [-0.3, -0.25) is 10.1 Å². The van der Waals surface area contributed by atoms with Crippen molar-refractivity contribution in [3.63, 3.8) is 0 Å². The average molecular weight is 297 g/mol.